The number of pyridine rings is 1. The Hall–Kier alpha value is -2.32. The highest BCUT2D eigenvalue weighted by Gasteiger charge is 2.29. The lowest BCUT2D eigenvalue weighted by Crippen LogP contribution is -2.31. The van der Waals surface area contributed by atoms with Crippen LogP contribution in [0, 0.1) is 0 Å². The van der Waals surface area contributed by atoms with E-state index in [0.717, 1.165) is 0 Å². The lowest BCUT2D eigenvalue weighted by Gasteiger charge is -2.09. The van der Waals surface area contributed by atoms with Gasteiger partial charge in [-0.25, -0.2) is 4.79 Å². The van der Waals surface area contributed by atoms with Crippen LogP contribution < -0.4 is 10.6 Å². The molecule has 0 aliphatic heterocycles. The van der Waals surface area contributed by atoms with Crippen molar-refractivity contribution < 1.29 is 27.5 Å². The van der Waals surface area contributed by atoms with E-state index in [1.54, 1.807) is 12.1 Å². The molecule has 110 valence electrons. The number of aromatic nitrogens is 1. The molecule has 0 bridgehead atoms. The first-order chi connectivity index (χ1) is 9.37. The average Bonchev–Trinajstić information content (AvgIpc) is 2.37. The number of anilines is 1. The molecule has 1 heterocycles. The molecule has 1 rings (SSSR count). The van der Waals surface area contributed by atoms with Crippen molar-refractivity contribution in [3.63, 3.8) is 0 Å². The second-order valence-electron chi connectivity index (χ2n) is 3.65. The molecule has 0 saturated carbocycles. The molecule has 2 N–H and O–H groups in total. The molecule has 0 saturated heterocycles. The van der Waals surface area contributed by atoms with Crippen LogP contribution in [0.25, 0.3) is 0 Å². The van der Waals surface area contributed by atoms with Crippen molar-refractivity contribution in [1.29, 1.82) is 0 Å². The summed E-state index contributed by atoms with van der Waals surface area (Å²) in [6.07, 6.45) is -2.91. The quantitative estimate of drug-likeness (QED) is 0.865. The Bertz CT molecular complexity index is 451. The number of alkyl halides is 3. The van der Waals surface area contributed by atoms with Crippen LogP contribution in [0.4, 0.5) is 23.7 Å². The molecule has 0 aromatic carbocycles. The molecule has 6 nitrogen and oxygen atoms in total. The lowest BCUT2D eigenvalue weighted by molar-refractivity contribution is -0.160. The van der Waals surface area contributed by atoms with Crippen molar-refractivity contribution >= 4 is 17.7 Å². The largest absolute Gasteiger partial charge is 0.440 e. The van der Waals surface area contributed by atoms with Crippen molar-refractivity contribution in [2.24, 2.45) is 0 Å². The van der Waals surface area contributed by atoms with Gasteiger partial charge < -0.3 is 15.4 Å². The summed E-state index contributed by atoms with van der Waals surface area (Å²) in [6, 6.07) is 3.14. The Morgan fingerprint density at radius 1 is 1.25 bits per heavy atom. The number of nitrogens with zero attached hydrogens (tertiary/aromatic N) is 1. The Kier molecular flexibility index (Phi) is 5.75. The van der Waals surface area contributed by atoms with Gasteiger partial charge in [0.15, 0.2) is 6.61 Å². The van der Waals surface area contributed by atoms with Gasteiger partial charge >= 0.3 is 12.3 Å². The predicted octanol–water partition coefficient (Wildman–Crippen LogP) is 1.70. The number of halogens is 3. The molecular formula is C11H12F3N3O3. The highest BCUT2D eigenvalue weighted by Crippen LogP contribution is 2.14. The third-order valence-electron chi connectivity index (χ3n) is 1.95. The first kappa shape index (κ1) is 15.7. The van der Waals surface area contributed by atoms with E-state index in [0.29, 0.717) is 5.69 Å². The van der Waals surface area contributed by atoms with E-state index in [4.69, 9.17) is 0 Å². The molecule has 0 aliphatic carbocycles. The first-order valence-electron chi connectivity index (χ1n) is 5.54. The molecule has 2 amide bonds. The van der Waals surface area contributed by atoms with Gasteiger partial charge in [0, 0.05) is 31.0 Å². The van der Waals surface area contributed by atoms with E-state index >= 15 is 0 Å². The van der Waals surface area contributed by atoms with E-state index in [1.165, 1.54) is 12.4 Å². The molecule has 1 aromatic heterocycles. The Morgan fingerprint density at radius 3 is 2.50 bits per heavy atom. The van der Waals surface area contributed by atoms with Crippen molar-refractivity contribution in [2.45, 2.75) is 12.6 Å². The number of amides is 2. The molecule has 0 fully saturated rings. The molecule has 20 heavy (non-hydrogen) atoms. The van der Waals surface area contributed by atoms with Gasteiger partial charge in [0.2, 0.25) is 5.91 Å². The third kappa shape index (κ3) is 7.19. The molecule has 0 spiro atoms. The molecule has 0 aliphatic rings. The maximum Gasteiger partial charge on any atom is 0.422 e. The first-order valence-corrected chi connectivity index (χ1v) is 5.54. The van der Waals surface area contributed by atoms with E-state index in [9.17, 15) is 22.8 Å². The van der Waals surface area contributed by atoms with Crippen LogP contribution >= 0.6 is 0 Å². The maximum absolute atomic E-state index is 11.7. The standard InChI is InChI=1S/C11H12F3N3O3/c12-11(13,14)7-20-10(19)16-6-3-9(18)17-8-1-4-15-5-2-8/h1-2,4-5H,3,6-7H2,(H,16,19)(H,15,17,18). The van der Waals surface area contributed by atoms with Crippen LogP contribution in [0.3, 0.4) is 0 Å². The number of ether oxygens (including phenoxy) is 1. The van der Waals surface area contributed by atoms with Crippen molar-refractivity contribution in [3.8, 4) is 0 Å². The van der Waals surface area contributed by atoms with Crippen LogP contribution in [0.15, 0.2) is 24.5 Å². The second kappa shape index (κ2) is 7.31. The third-order valence-corrected chi connectivity index (χ3v) is 1.95. The van der Waals surface area contributed by atoms with Gasteiger partial charge in [-0.3, -0.25) is 9.78 Å². The summed E-state index contributed by atoms with van der Waals surface area (Å²) < 4.78 is 39.1. The minimum atomic E-state index is -4.57. The SMILES string of the molecule is O=C(CCNC(=O)OCC(F)(F)F)Nc1ccncc1. The number of nitrogens with one attached hydrogen (secondary N) is 2. The van der Waals surface area contributed by atoms with Crippen molar-refractivity contribution in [3.05, 3.63) is 24.5 Å². The van der Waals surface area contributed by atoms with Gasteiger partial charge in [-0.1, -0.05) is 0 Å². The number of rotatable bonds is 5. The highest BCUT2D eigenvalue weighted by molar-refractivity contribution is 5.90. The van der Waals surface area contributed by atoms with Gasteiger partial charge in [0.05, 0.1) is 0 Å². The summed E-state index contributed by atoms with van der Waals surface area (Å²) in [4.78, 5) is 26.0. The minimum Gasteiger partial charge on any atom is -0.440 e. The summed E-state index contributed by atoms with van der Waals surface area (Å²) >= 11 is 0. The van der Waals surface area contributed by atoms with Crippen LogP contribution in [0.1, 0.15) is 6.42 Å². The normalized spacial score (nSPS) is 10.8. The fourth-order valence-corrected chi connectivity index (χ4v) is 1.14. The smallest absolute Gasteiger partial charge is 0.422 e. The molecule has 1 aromatic rings. The number of carbonyl (C=O) groups excluding carboxylic acids is 2. The minimum absolute atomic E-state index is 0.0938. The van der Waals surface area contributed by atoms with Crippen LogP contribution in [0.2, 0.25) is 0 Å². The maximum atomic E-state index is 11.7. The lowest BCUT2D eigenvalue weighted by atomic mass is 10.3. The van der Waals surface area contributed by atoms with Crippen LogP contribution in [-0.4, -0.2) is 36.3 Å². The average molecular weight is 291 g/mol. The van der Waals surface area contributed by atoms with E-state index < -0.39 is 24.8 Å². The van der Waals surface area contributed by atoms with Crippen molar-refractivity contribution in [2.75, 3.05) is 18.5 Å². The highest BCUT2D eigenvalue weighted by atomic mass is 19.4. The predicted molar refractivity (Wildman–Crippen MR) is 62.9 cm³/mol. The Labute approximate surface area is 112 Å². The zero-order valence-corrected chi connectivity index (χ0v) is 10.2. The Balaban J connectivity index is 2.17. The van der Waals surface area contributed by atoms with E-state index in [1.807, 2.05) is 5.32 Å². The zero-order valence-electron chi connectivity index (χ0n) is 10.2. The van der Waals surface area contributed by atoms with Crippen molar-refractivity contribution in [1.82, 2.24) is 10.3 Å². The van der Waals surface area contributed by atoms with Gasteiger partial charge in [0.25, 0.3) is 0 Å². The summed E-state index contributed by atoms with van der Waals surface area (Å²) in [5.74, 6) is -0.396. The topological polar surface area (TPSA) is 80.3 Å². The summed E-state index contributed by atoms with van der Waals surface area (Å²) in [5.41, 5.74) is 0.532. The van der Waals surface area contributed by atoms with Gasteiger partial charge in [0.1, 0.15) is 0 Å². The second-order valence-corrected chi connectivity index (χ2v) is 3.65. The fraction of sp³-hybridized carbons (Fsp3) is 0.364. The molecule has 0 unspecified atom stereocenters. The monoisotopic (exact) mass is 291 g/mol. The summed E-state index contributed by atoms with van der Waals surface area (Å²) in [5, 5.41) is 4.56. The molecular weight excluding hydrogens is 279 g/mol. The van der Waals surface area contributed by atoms with Gasteiger partial charge in [-0.15, -0.1) is 0 Å². The summed E-state index contributed by atoms with van der Waals surface area (Å²) in [6.45, 7) is -1.80. The molecule has 9 heteroatoms. The Morgan fingerprint density at radius 2 is 1.90 bits per heavy atom. The molecule has 0 radical (unpaired) electrons. The van der Waals surface area contributed by atoms with Crippen LogP contribution in [-0.2, 0) is 9.53 Å². The fourth-order valence-electron chi connectivity index (χ4n) is 1.14. The number of carbonyl (C=O) groups is 2. The number of alkyl carbamates (subject to hydrolysis) is 1. The number of hydrogen-bond donors (Lipinski definition) is 2. The van der Waals surface area contributed by atoms with E-state index in [-0.39, 0.29) is 13.0 Å². The molecule has 0 atom stereocenters. The summed E-state index contributed by atoms with van der Waals surface area (Å²) in [7, 11) is 0. The zero-order chi connectivity index (χ0) is 15.0. The number of hydrogen-bond acceptors (Lipinski definition) is 4. The van der Waals surface area contributed by atoms with Gasteiger partial charge in [-0.05, 0) is 12.1 Å². The van der Waals surface area contributed by atoms with Crippen LogP contribution in [0.5, 0.6) is 0 Å². The van der Waals surface area contributed by atoms with Gasteiger partial charge in [-0.2, -0.15) is 13.2 Å². The van der Waals surface area contributed by atoms with E-state index in [2.05, 4.69) is 15.0 Å².